The van der Waals surface area contributed by atoms with E-state index in [4.69, 9.17) is 0 Å². The molecular weight excluding hydrogens is 356 g/mol. The number of hydrogen-bond acceptors (Lipinski definition) is 4. The van der Waals surface area contributed by atoms with Crippen LogP contribution in [0, 0.1) is 0 Å². The summed E-state index contributed by atoms with van der Waals surface area (Å²) in [4.78, 5) is 26.4. The van der Waals surface area contributed by atoms with Gasteiger partial charge in [0.15, 0.2) is 0 Å². The van der Waals surface area contributed by atoms with Crippen LogP contribution in [0.2, 0.25) is 0 Å². The van der Waals surface area contributed by atoms with Crippen molar-refractivity contribution in [1.29, 1.82) is 0 Å². The summed E-state index contributed by atoms with van der Waals surface area (Å²) in [6.07, 6.45) is 5.70. The normalized spacial score (nSPS) is 17.3. The van der Waals surface area contributed by atoms with Gasteiger partial charge in [0.2, 0.25) is 5.91 Å². The Hall–Kier alpha value is -2.90. The Labute approximate surface area is 164 Å². The smallest absolute Gasteiger partial charge is 0.315 e. The van der Waals surface area contributed by atoms with Crippen molar-refractivity contribution in [3.8, 4) is 0 Å². The molecule has 1 aliphatic carbocycles. The molecule has 2 aromatic rings. The number of carbonyl (C=O) groups excluding carboxylic acids is 2. The molecule has 3 amide bonds. The van der Waals surface area contributed by atoms with Gasteiger partial charge in [0, 0.05) is 12.6 Å². The van der Waals surface area contributed by atoms with Crippen molar-refractivity contribution in [2.24, 2.45) is 0 Å². The van der Waals surface area contributed by atoms with Gasteiger partial charge in [-0.1, -0.05) is 54.8 Å². The highest BCUT2D eigenvalue weighted by molar-refractivity contribution is 5.77. The Balaban J connectivity index is 1.36. The highest BCUT2D eigenvalue weighted by Gasteiger charge is 2.27. The minimum atomic E-state index is -0.165. The quantitative estimate of drug-likeness (QED) is 0.827. The first-order valence-electron chi connectivity index (χ1n) is 9.96. The number of fused-ring (bicyclic) bond motifs is 1. The number of aromatic nitrogens is 3. The third-order valence-electron chi connectivity index (χ3n) is 5.47. The molecule has 0 spiro atoms. The van der Waals surface area contributed by atoms with Crippen LogP contribution in [0.1, 0.15) is 49.1 Å². The van der Waals surface area contributed by atoms with Crippen molar-refractivity contribution in [3.05, 3.63) is 47.3 Å². The van der Waals surface area contributed by atoms with E-state index in [1.165, 1.54) is 19.3 Å². The van der Waals surface area contributed by atoms with Gasteiger partial charge in [-0.05, 0) is 18.4 Å². The zero-order valence-corrected chi connectivity index (χ0v) is 15.9. The molecule has 1 saturated carbocycles. The topological polar surface area (TPSA) is 92.2 Å². The van der Waals surface area contributed by atoms with Crippen LogP contribution in [0.15, 0.2) is 30.3 Å². The molecule has 2 aliphatic rings. The van der Waals surface area contributed by atoms with E-state index in [1.807, 2.05) is 30.3 Å². The van der Waals surface area contributed by atoms with Crippen molar-refractivity contribution < 1.29 is 9.59 Å². The van der Waals surface area contributed by atoms with Gasteiger partial charge in [-0.25, -0.2) is 9.48 Å². The van der Waals surface area contributed by atoms with Crippen molar-refractivity contribution in [1.82, 2.24) is 30.5 Å². The lowest BCUT2D eigenvalue weighted by Gasteiger charge is -2.28. The first kappa shape index (κ1) is 18.5. The SMILES string of the molecule is O=C(NCc1nnn2c1CN(Cc1ccccc1)C(=O)C2)NC1CCCCC1. The van der Waals surface area contributed by atoms with E-state index in [0.29, 0.717) is 25.3 Å². The number of carbonyl (C=O) groups is 2. The lowest BCUT2D eigenvalue weighted by molar-refractivity contribution is -0.135. The molecule has 148 valence electrons. The molecular formula is C20H26N6O2. The van der Waals surface area contributed by atoms with Crippen LogP contribution >= 0.6 is 0 Å². The fourth-order valence-corrected chi connectivity index (χ4v) is 3.90. The summed E-state index contributed by atoms with van der Waals surface area (Å²) in [6.45, 7) is 1.49. The molecule has 28 heavy (non-hydrogen) atoms. The summed E-state index contributed by atoms with van der Waals surface area (Å²) in [5.41, 5.74) is 2.68. The third-order valence-corrected chi connectivity index (χ3v) is 5.47. The predicted octanol–water partition coefficient (Wildman–Crippen LogP) is 1.95. The highest BCUT2D eigenvalue weighted by Crippen LogP contribution is 2.19. The number of urea groups is 1. The molecule has 4 rings (SSSR count). The summed E-state index contributed by atoms with van der Waals surface area (Å²) in [5, 5.41) is 14.2. The molecule has 1 fully saturated rings. The fraction of sp³-hybridized carbons (Fsp3) is 0.500. The third kappa shape index (κ3) is 4.32. The second-order valence-electron chi connectivity index (χ2n) is 7.54. The predicted molar refractivity (Wildman–Crippen MR) is 103 cm³/mol. The molecule has 0 radical (unpaired) electrons. The summed E-state index contributed by atoms with van der Waals surface area (Å²) in [6, 6.07) is 10.0. The van der Waals surface area contributed by atoms with E-state index in [-0.39, 0.29) is 24.5 Å². The van der Waals surface area contributed by atoms with Gasteiger partial charge >= 0.3 is 6.03 Å². The van der Waals surface area contributed by atoms with Gasteiger partial charge in [0.25, 0.3) is 0 Å². The second-order valence-corrected chi connectivity index (χ2v) is 7.54. The molecule has 2 heterocycles. The van der Waals surface area contributed by atoms with Gasteiger partial charge < -0.3 is 15.5 Å². The maximum absolute atomic E-state index is 12.4. The molecule has 2 N–H and O–H groups in total. The lowest BCUT2D eigenvalue weighted by atomic mass is 9.96. The number of rotatable bonds is 5. The molecule has 0 atom stereocenters. The lowest BCUT2D eigenvalue weighted by Crippen LogP contribution is -2.43. The maximum atomic E-state index is 12.4. The standard InChI is InChI=1S/C20H26N6O2/c27-19-14-26-18(13-25(19)12-15-7-3-1-4-8-15)17(23-24-26)11-21-20(28)22-16-9-5-2-6-10-16/h1,3-4,7-8,16H,2,5-6,9-14H2,(H2,21,22,28). The van der Waals surface area contributed by atoms with Crippen LogP contribution in [0.5, 0.6) is 0 Å². The minimum Gasteiger partial charge on any atom is -0.335 e. The van der Waals surface area contributed by atoms with E-state index in [2.05, 4.69) is 20.9 Å². The Morgan fingerprint density at radius 3 is 2.68 bits per heavy atom. The minimum absolute atomic E-state index is 0.0239. The number of hydrogen-bond donors (Lipinski definition) is 2. The van der Waals surface area contributed by atoms with Crippen LogP contribution in [0.25, 0.3) is 0 Å². The van der Waals surface area contributed by atoms with E-state index < -0.39 is 0 Å². The van der Waals surface area contributed by atoms with Crippen LogP contribution < -0.4 is 10.6 Å². The Kier molecular flexibility index (Phi) is 5.55. The zero-order chi connectivity index (χ0) is 19.3. The van der Waals surface area contributed by atoms with Crippen molar-refractivity contribution >= 4 is 11.9 Å². The van der Waals surface area contributed by atoms with E-state index >= 15 is 0 Å². The number of amides is 3. The second kappa shape index (κ2) is 8.41. The van der Waals surface area contributed by atoms with Crippen LogP contribution in [-0.4, -0.2) is 37.9 Å². The molecule has 8 nitrogen and oxygen atoms in total. The number of nitrogens with one attached hydrogen (secondary N) is 2. The Morgan fingerprint density at radius 1 is 1.11 bits per heavy atom. The first-order valence-corrected chi connectivity index (χ1v) is 9.96. The molecule has 1 aromatic heterocycles. The van der Waals surface area contributed by atoms with Crippen LogP contribution in [0.3, 0.4) is 0 Å². The van der Waals surface area contributed by atoms with Gasteiger partial charge in [-0.15, -0.1) is 5.10 Å². The molecule has 8 heteroatoms. The van der Waals surface area contributed by atoms with Crippen molar-refractivity contribution in [2.75, 3.05) is 0 Å². The van der Waals surface area contributed by atoms with Crippen molar-refractivity contribution in [2.45, 2.75) is 64.3 Å². The molecule has 0 saturated heterocycles. The monoisotopic (exact) mass is 382 g/mol. The Morgan fingerprint density at radius 2 is 1.89 bits per heavy atom. The molecule has 1 aromatic carbocycles. The first-order chi connectivity index (χ1) is 13.7. The van der Waals surface area contributed by atoms with Crippen molar-refractivity contribution in [3.63, 3.8) is 0 Å². The van der Waals surface area contributed by atoms with Gasteiger partial charge in [-0.3, -0.25) is 4.79 Å². The zero-order valence-electron chi connectivity index (χ0n) is 15.9. The van der Waals surface area contributed by atoms with Gasteiger partial charge in [0.1, 0.15) is 12.2 Å². The molecule has 1 aliphatic heterocycles. The average Bonchev–Trinajstić information content (AvgIpc) is 3.10. The van der Waals surface area contributed by atoms with Gasteiger partial charge in [0.05, 0.1) is 18.8 Å². The largest absolute Gasteiger partial charge is 0.335 e. The fourth-order valence-electron chi connectivity index (χ4n) is 3.90. The van der Waals surface area contributed by atoms with E-state index in [9.17, 15) is 9.59 Å². The highest BCUT2D eigenvalue weighted by atomic mass is 16.2. The van der Waals surface area contributed by atoms with Crippen LogP contribution in [-0.2, 0) is 31.0 Å². The summed E-state index contributed by atoms with van der Waals surface area (Å²) < 4.78 is 1.64. The number of nitrogens with zero attached hydrogens (tertiary/aromatic N) is 4. The average molecular weight is 382 g/mol. The van der Waals surface area contributed by atoms with Gasteiger partial charge in [-0.2, -0.15) is 0 Å². The summed E-state index contributed by atoms with van der Waals surface area (Å²) >= 11 is 0. The maximum Gasteiger partial charge on any atom is 0.315 e. The van der Waals surface area contributed by atoms with E-state index in [0.717, 1.165) is 24.1 Å². The van der Waals surface area contributed by atoms with E-state index in [1.54, 1.807) is 9.58 Å². The Bertz CT molecular complexity index is 828. The number of benzene rings is 1. The van der Waals surface area contributed by atoms with Crippen LogP contribution in [0.4, 0.5) is 4.79 Å². The molecule has 0 unspecified atom stereocenters. The molecule has 0 bridgehead atoms. The summed E-state index contributed by atoms with van der Waals surface area (Å²) in [5.74, 6) is 0.0239. The summed E-state index contributed by atoms with van der Waals surface area (Å²) in [7, 11) is 0.